The lowest BCUT2D eigenvalue weighted by Gasteiger charge is -2.26. The van der Waals surface area contributed by atoms with Crippen molar-refractivity contribution >= 4 is 11.9 Å². The third kappa shape index (κ3) is 9.19. The zero-order chi connectivity index (χ0) is 23.4. The van der Waals surface area contributed by atoms with Gasteiger partial charge >= 0.3 is 11.9 Å². The van der Waals surface area contributed by atoms with E-state index in [-0.39, 0.29) is 32.7 Å². The van der Waals surface area contributed by atoms with Crippen molar-refractivity contribution in [3.8, 4) is 5.75 Å². The van der Waals surface area contributed by atoms with Gasteiger partial charge in [0, 0.05) is 12.8 Å². The third-order valence-electron chi connectivity index (χ3n) is 4.44. The lowest BCUT2D eigenvalue weighted by molar-refractivity contribution is -0.162. The molecule has 0 bridgehead atoms. The summed E-state index contributed by atoms with van der Waals surface area (Å²) in [5.74, 6) is -1.33. The molecule has 176 valence electrons. The van der Waals surface area contributed by atoms with Gasteiger partial charge < -0.3 is 39.4 Å². The van der Waals surface area contributed by atoms with Crippen molar-refractivity contribution in [1.82, 2.24) is 0 Å². The van der Waals surface area contributed by atoms with Gasteiger partial charge in [-0.3, -0.25) is 0 Å². The topological polar surface area (TPSA) is 152 Å². The molecule has 0 heterocycles. The number of hydrogen-bond acceptors (Lipinski definition) is 10. The summed E-state index contributed by atoms with van der Waals surface area (Å²) in [6, 6.07) is 6.96. The number of benzene rings is 1. The molecule has 0 aliphatic rings. The molecule has 0 spiro atoms. The smallest absolute Gasteiger partial charge is 0.337 e. The van der Waals surface area contributed by atoms with Crippen molar-refractivity contribution in [3.63, 3.8) is 0 Å². The van der Waals surface area contributed by atoms with E-state index in [0.717, 1.165) is 5.56 Å². The predicted molar refractivity (Wildman–Crippen MR) is 108 cm³/mol. The molecule has 1 aromatic carbocycles. The number of methoxy groups -OCH3 is 1. The average Bonchev–Trinajstić information content (AvgIpc) is 2.76. The monoisotopic (exact) mass is 444 g/mol. The van der Waals surface area contributed by atoms with Crippen LogP contribution < -0.4 is 4.74 Å². The Hall–Kier alpha value is -2.24. The van der Waals surface area contributed by atoms with Gasteiger partial charge in [0.25, 0.3) is 0 Å². The highest BCUT2D eigenvalue weighted by Crippen LogP contribution is 2.19. The second kappa shape index (κ2) is 13.9. The van der Waals surface area contributed by atoms with Crippen LogP contribution in [0.15, 0.2) is 24.3 Å². The molecule has 0 unspecified atom stereocenters. The molecule has 1 rings (SSSR count). The quantitative estimate of drug-likeness (QED) is 0.287. The van der Waals surface area contributed by atoms with Crippen LogP contribution in [0.2, 0.25) is 0 Å². The fourth-order valence-corrected chi connectivity index (χ4v) is 2.73. The van der Waals surface area contributed by atoms with Gasteiger partial charge in [-0.05, 0) is 31.5 Å². The minimum atomic E-state index is -1.81. The molecule has 0 radical (unpaired) electrons. The van der Waals surface area contributed by atoms with E-state index in [1.807, 2.05) is 0 Å². The molecule has 0 amide bonds. The van der Waals surface area contributed by atoms with Crippen molar-refractivity contribution in [2.45, 2.75) is 63.8 Å². The SMILES string of the molecule is CCOC(=O)[C@@H](O)[C@H](O)CC(C[C@@H](O)[C@H](O)C(=O)OCC)OCc1ccc(OC)cc1. The molecule has 10 nitrogen and oxygen atoms in total. The van der Waals surface area contributed by atoms with Gasteiger partial charge in [0.15, 0.2) is 12.2 Å². The molecule has 0 aliphatic heterocycles. The van der Waals surface area contributed by atoms with E-state index in [2.05, 4.69) is 9.47 Å². The van der Waals surface area contributed by atoms with E-state index in [4.69, 9.17) is 9.47 Å². The molecule has 0 saturated heterocycles. The summed E-state index contributed by atoms with van der Waals surface area (Å²) < 4.78 is 20.2. The number of aliphatic hydroxyl groups excluding tert-OH is 4. The number of carbonyl (C=O) groups is 2. The molecule has 0 saturated carbocycles. The third-order valence-corrected chi connectivity index (χ3v) is 4.44. The van der Waals surface area contributed by atoms with Gasteiger partial charge in [-0.25, -0.2) is 9.59 Å². The summed E-state index contributed by atoms with van der Waals surface area (Å²) in [4.78, 5) is 23.3. The van der Waals surface area contributed by atoms with Crippen molar-refractivity contribution in [3.05, 3.63) is 29.8 Å². The van der Waals surface area contributed by atoms with Crippen molar-refractivity contribution in [2.75, 3.05) is 20.3 Å². The normalized spacial score (nSPS) is 15.1. The largest absolute Gasteiger partial charge is 0.497 e. The van der Waals surface area contributed by atoms with Gasteiger partial charge in [-0.1, -0.05) is 12.1 Å². The summed E-state index contributed by atoms with van der Waals surface area (Å²) in [6.45, 7) is 3.25. The zero-order valence-electron chi connectivity index (χ0n) is 18.0. The van der Waals surface area contributed by atoms with Crippen LogP contribution in [-0.4, -0.2) is 83.2 Å². The standard InChI is InChI=1S/C21H32O10/c1-4-29-20(26)18(24)16(22)10-15(11-17(23)19(25)21(27)30-5-2)31-12-13-6-8-14(28-3)9-7-13/h6-9,15-19,22-25H,4-5,10-12H2,1-3H3/t16-,17-,18+,19+/m1/s1. The molecule has 0 aliphatic carbocycles. The van der Waals surface area contributed by atoms with Gasteiger partial charge in [-0.2, -0.15) is 0 Å². The van der Waals surface area contributed by atoms with Gasteiger partial charge in [0.1, 0.15) is 5.75 Å². The van der Waals surface area contributed by atoms with Crippen LogP contribution in [0.4, 0.5) is 0 Å². The number of esters is 2. The lowest BCUT2D eigenvalue weighted by atomic mass is 9.99. The molecule has 31 heavy (non-hydrogen) atoms. The van der Waals surface area contributed by atoms with Crippen LogP contribution in [0.25, 0.3) is 0 Å². The highest BCUT2D eigenvalue weighted by molar-refractivity contribution is 5.75. The first-order valence-corrected chi connectivity index (χ1v) is 10.0. The Morgan fingerprint density at radius 1 is 0.839 bits per heavy atom. The Morgan fingerprint density at radius 3 is 1.68 bits per heavy atom. The molecule has 1 aromatic rings. The molecular weight excluding hydrogens is 412 g/mol. The first-order chi connectivity index (χ1) is 14.7. The molecular formula is C21H32O10. The van der Waals surface area contributed by atoms with Gasteiger partial charge in [-0.15, -0.1) is 0 Å². The first-order valence-electron chi connectivity index (χ1n) is 10.0. The van der Waals surface area contributed by atoms with Crippen molar-refractivity contribution < 1.29 is 49.0 Å². The van der Waals surface area contributed by atoms with Crippen LogP contribution in [0.5, 0.6) is 5.75 Å². The Balaban J connectivity index is 2.83. The second-order valence-corrected chi connectivity index (χ2v) is 6.78. The fourth-order valence-electron chi connectivity index (χ4n) is 2.73. The van der Waals surface area contributed by atoms with Crippen molar-refractivity contribution in [2.24, 2.45) is 0 Å². The van der Waals surface area contributed by atoms with E-state index in [0.29, 0.717) is 5.75 Å². The van der Waals surface area contributed by atoms with Gasteiger partial charge in [0.05, 0.1) is 45.2 Å². The minimum Gasteiger partial charge on any atom is -0.497 e. The van der Waals surface area contributed by atoms with E-state index in [1.54, 1.807) is 38.1 Å². The Labute approximate surface area is 181 Å². The van der Waals surface area contributed by atoms with Crippen LogP contribution in [0, 0.1) is 0 Å². The minimum absolute atomic E-state index is 0.0322. The fraction of sp³-hybridized carbons (Fsp3) is 0.619. The Kier molecular flexibility index (Phi) is 12.1. The lowest BCUT2D eigenvalue weighted by Crippen LogP contribution is -2.41. The maximum absolute atomic E-state index is 11.7. The number of ether oxygens (including phenoxy) is 4. The number of carbonyl (C=O) groups excluding carboxylic acids is 2. The molecule has 0 fully saturated rings. The Morgan fingerprint density at radius 2 is 1.29 bits per heavy atom. The highest BCUT2D eigenvalue weighted by Gasteiger charge is 2.32. The molecule has 4 N–H and O–H groups in total. The van der Waals surface area contributed by atoms with Crippen LogP contribution in [0.3, 0.4) is 0 Å². The number of aliphatic hydroxyl groups is 4. The van der Waals surface area contributed by atoms with E-state index in [9.17, 15) is 30.0 Å². The van der Waals surface area contributed by atoms with Crippen LogP contribution >= 0.6 is 0 Å². The predicted octanol–water partition coefficient (Wildman–Crippen LogP) is -0.0696. The summed E-state index contributed by atoms with van der Waals surface area (Å²) in [7, 11) is 1.54. The molecule has 0 aromatic heterocycles. The highest BCUT2D eigenvalue weighted by atomic mass is 16.6. The number of hydrogen-bond donors (Lipinski definition) is 4. The summed E-state index contributed by atoms with van der Waals surface area (Å²) in [5.41, 5.74) is 0.756. The number of rotatable bonds is 14. The van der Waals surface area contributed by atoms with E-state index in [1.165, 1.54) is 7.11 Å². The Bertz CT molecular complexity index is 631. The van der Waals surface area contributed by atoms with Crippen LogP contribution in [-0.2, 0) is 30.4 Å². The van der Waals surface area contributed by atoms with E-state index < -0.39 is 42.5 Å². The zero-order valence-corrected chi connectivity index (χ0v) is 18.0. The maximum atomic E-state index is 11.7. The van der Waals surface area contributed by atoms with Crippen molar-refractivity contribution in [1.29, 1.82) is 0 Å². The summed E-state index contributed by atoms with van der Waals surface area (Å²) >= 11 is 0. The average molecular weight is 444 g/mol. The second-order valence-electron chi connectivity index (χ2n) is 6.78. The molecule has 4 atom stereocenters. The van der Waals surface area contributed by atoms with E-state index >= 15 is 0 Å². The maximum Gasteiger partial charge on any atom is 0.337 e. The van der Waals surface area contributed by atoms with Gasteiger partial charge in [0.2, 0.25) is 0 Å². The summed E-state index contributed by atoms with van der Waals surface area (Å²) in [5, 5.41) is 40.3. The first kappa shape index (κ1) is 26.8. The summed E-state index contributed by atoms with van der Waals surface area (Å²) in [6.07, 6.45) is -8.15. The van der Waals surface area contributed by atoms with Crippen LogP contribution in [0.1, 0.15) is 32.3 Å². The molecule has 10 heteroatoms.